The fourth-order valence-corrected chi connectivity index (χ4v) is 4.15. The maximum absolute atomic E-state index is 12.8. The van der Waals surface area contributed by atoms with E-state index >= 15 is 0 Å². The second kappa shape index (κ2) is 7.76. The molecule has 0 spiro atoms. The molecule has 1 aliphatic rings. The molecule has 1 amide bonds. The van der Waals surface area contributed by atoms with Crippen molar-refractivity contribution in [3.8, 4) is 11.5 Å². The maximum Gasteiger partial charge on any atom is 0.247 e. The van der Waals surface area contributed by atoms with Crippen molar-refractivity contribution >= 4 is 12.0 Å². The number of carbonyl (C=O) groups excluding carboxylic acids is 1. The third-order valence-corrected chi connectivity index (χ3v) is 5.69. The van der Waals surface area contributed by atoms with Gasteiger partial charge in [0.1, 0.15) is 5.82 Å². The van der Waals surface area contributed by atoms with Gasteiger partial charge in [0.15, 0.2) is 0 Å². The lowest BCUT2D eigenvalue weighted by atomic mass is 10.1. The molecule has 0 atom stereocenters. The number of benzene rings is 2. The van der Waals surface area contributed by atoms with Crippen molar-refractivity contribution in [3.63, 3.8) is 0 Å². The van der Waals surface area contributed by atoms with Crippen LogP contribution in [0, 0.1) is 13.8 Å². The van der Waals surface area contributed by atoms with Gasteiger partial charge in [-0.05, 0) is 49.2 Å². The van der Waals surface area contributed by atoms with Crippen LogP contribution in [-0.4, -0.2) is 25.2 Å². The van der Waals surface area contributed by atoms with Crippen LogP contribution in [0.25, 0.3) is 17.6 Å². The predicted molar refractivity (Wildman–Crippen MR) is 122 cm³/mol. The molecule has 0 N–H and O–H groups in total. The fraction of sp³-hybridized carbons (Fsp3) is 0.154. The molecule has 0 saturated carbocycles. The Balaban J connectivity index is 1.48. The quantitative estimate of drug-likeness (QED) is 0.454. The highest BCUT2D eigenvalue weighted by Crippen LogP contribution is 2.31. The van der Waals surface area contributed by atoms with Gasteiger partial charge in [0, 0.05) is 24.0 Å². The Labute approximate surface area is 181 Å². The summed E-state index contributed by atoms with van der Waals surface area (Å²) in [5, 5.41) is 4.94. The third-order valence-electron chi connectivity index (χ3n) is 5.69. The van der Waals surface area contributed by atoms with Gasteiger partial charge >= 0.3 is 0 Å². The molecule has 0 radical (unpaired) electrons. The van der Waals surface area contributed by atoms with Crippen LogP contribution in [0.15, 0.2) is 79.1 Å². The summed E-state index contributed by atoms with van der Waals surface area (Å²) in [5.74, 6) is 0.993. The standard InChI is InChI=1S/C26H24N4O/c1-19-10-12-24(20(2)16-19)30-26(28-14-6-7-15-28)22-17-29(18-23(22)27-30)25(31)13-11-21-8-4-3-5-9-21/h3-16H,17-18H2,1-2H3. The maximum atomic E-state index is 12.8. The molecule has 0 bridgehead atoms. The van der Waals surface area contributed by atoms with Gasteiger partial charge in [-0.25, -0.2) is 4.68 Å². The van der Waals surface area contributed by atoms with Crippen LogP contribution >= 0.6 is 0 Å². The molecule has 154 valence electrons. The molecule has 2 aromatic carbocycles. The summed E-state index contributed by atoms with van der Waals surface area (Å²) in [6.45, 7) is 5.27. The number of aromatic nitrogens is 3. The van der Waals surface area contributed by atoms with Gasteiger partial charge in [0.25, 0.3) is 0 Å². The molecule has 0 fully saturated rings. The van der Waals surface area contributed by atoms with Crippen molar-refractivity contribution < 1.29 is 4.79 Å². The lowest BCUT2D eigenvalue weighted by Gasteiger charge is -2.17. The largest absolute Gasteiger partial charge is 0.329 e. The summed E-state index contributed by atoms with van der Waals surface area (Å²) in [6, 6.07) is 20.3. The molecule has 5 heteroatoms. The van der Waals surface area contributed by atoms with E-state index in [1.807, 2.05) is 70.5 Å². The Morgan fingerprint density at radius 1 is 0.968 bits per heavy atom. The van der Waals surface area contributed by atoms with Crippen molar-refractivity contribution in [1.29, 1.82) is 0 Å². The summed E-state index contributed by atoms with van der Waals surface area (Å²) in [7, 11) is 0. The number of fused-ring (bicyclic) bond motifs is 1. The highest BCUT2D eigenvalue weighted by molar-refractivity contribution is 5.92. The van der Waals surface area contributed by atoms with Crippen molar-refractivity contribution in [2.24, 2.45) is 0 Å². The first-order chi connectivity index (χ1) is 15.1. The Hall–Kier alpha value is -3.86. The molecule has 0 unspecified atom stereocenters. The zero-order valence-corrected chi connectivity index (χ0v) is 17.7. The van der Waals surface area contributed by atoms with E-state index in [0.29, 0.717) is 13.1 Å². The zero-order chi connectivity index (χ0) is 21.4. The average Bonchev–Trinajstić information content (AvgIpc) is 3.49. The second-order valence-corrected chi connectivity index (χ2v) is 7.98. The Morgan fingerprint density at radius 3 is 2.48 bits per heavy atom. The lowest BCUT2D eigenvalue weighted by Crippen LogP contribution is -2.24. The molecule has 5 rings (SSSR count). The Kier molecular flexibility index (Phi) is 4.79. The van der Waals surface area contributed by atoms with Crippen molar-refractivity contribution in [2.75, 3.05) is 0 Å². The zero-order valence-electron chi connectivity index (χ0n) is 17.7. The Morgan fingerprint density at radius 2 is 1.74 bits per heavy atom. The molecule has 2 aromatic heterocycles. The minimum Gasteiger partial charge on any atom is -0.329 e. The molecule has 31 heavy (non-hydrogen) atoms. The smallest absolute Gasteiger partial charge is 0.247 e. The second-order valence-electron chi connectivity index (χ2n) is 7.98. The van der Waals surface area contributed by atoms with Gasteiger partial charge in [-0.3, -0.25) is 4.79 Å². The normalized spacial score (nSPS) is 13.2. The van der Waals surface area contributed by atoms with Gasteiger partial charge in [0.2, 0.25) is 5.91 Å². The van der Waals surface area contributed by atoms with Crippen LogP contribution in [0.5, 0.6) is 0 Å². The summed E-state index contributed by atoms with van der Waals surface area (Å²) >= 11 is 0. The highest BCUT2D eigenvalue weighted by Gasteiger charge is 2.30. The first-order valence-electron chi connectivity index (χ1n) is 10.4. The first kappa shape index (κ1) is 19.1. The summed E-state index contributed by atoms with van der Waals surface area (Å²) < 4.78 is 4.10. The molecule has 5 nitrogen and oxygen atoms in total. The predicted octanol–water partition coefficient (Wildman–Crippen LogP) is 4.84. The van der Waals surface area contributed by atoms with Gasteiger partial charge in [-0.1, -0.05) is 48.0 Å². The number of rotatable bonds is 4. The van der Waals surface area contributed by atoms with Crippen LogP contribution in [-0.2, 0) is 17.9 Å². The van der Waals surface area contributed by atoms with Gasteiger partial charge in [0.05, 0.1) is 24.5 Å². The van der Waals surface area contributed by atoms with Gasteiger partial charge in [-0.2, -0.15) is 5.10 Å². The number of aryl methyl sites for hydroxylation is 2. The minimum atomic E-state index is -0.00150. The topological polar surface area (TPSA) is 43.1 Å². The van der Waals surface area contributed by atoms with E-state index in [4.69, 9.17) is 5.10 Å². The number of hydrogen-bond acceptors (Lipinski definition) is 2. The lowest BCUT2D eigenvalue weighted by molar-refractivity contribution is -0.126. The molecule has 1 aliphatic heterocycles. The number of carbonyl (C=O) groups is 1. The van der Waals surface area contributed by atoms with E-state index in [2.05, 4.69) is 36.6 Å². The SMILES string of the molecule is Cc1ccc(-n2nc3c(c2-n2cccc2)CN(C(=O)C=Cc2ccccc2)C3)c(C)c1. The molecular weight excluding hydrogens is 384 g/mol. The molecule has 0 aliphatic carbocycles. The molecule has 3 heterocycles. The molecule has 4 aromatic rings. The van der Waals surface area contributed by atoms with Crippen molar-refractivity contribution in [2.45, 2.75) is 26.9 Å². The van der Waals surface area contributed by atoms with E-state index < -0.39 is 0 Å². The van der Waals surface area contributed by atoms with Crippen LogP contribution in [0.2, 0.25) is 0 Å². The fourth-order valence-electron chi connectivity index (χ4n) is 4.15. The number of amides is 1. The van der Waals surface area contributed by atoms with Crippen LogP contribution < -0.4 is 0 Å². The van der Waals surface area contributed by atoms with E-state index in [-0.39, 0.29) is 5.91 Å². The van der Waals surface area contributed by atoms with E-state index in [1.54, 1.807) is 6.08 Å². The molecular formula is C26H24N4O. The van der Waals surface area contributed by atoms with Gasteiger partial charge in [-0.15, -0.1) is 0 Å². The summed E-state index contributed by atoms with van der Waals surface area (Å²) in [6.07, 6.45) is 7.56. The number of nitrogens with zero attached hydrogens (tertiary/aromatic N) is 4. The first-order valence-corrected chi connectivity index (χ1v) is 10.4. The van der Waals surface area contributed by atoms with Crippen molar-refractivity contribution in [3.05, 3.63) is 107 Å². The average molecular weight is 409 g/mol. The summed E-state index contributed by atoms with van der Waals surface area (Å²) in [5.41, 5.74) is 6.52. The number of hydrogen-bond donors (Lipinski definition) is 0. The monoisotopic (exact) mass is 408 g/mol. The highest BCUT2D eigenvalue weighted by atomic mass is 16.2. The Bertz CT molecular complexity index is 1270. The summed E-state index contributed by atoms with van der Waals surface area (Å²) in [4.78, 5) is 14.7. The van der Waals surface area contributed by atoms with Crippen molar-refractivity contribution in [1.82, 2.24) is 19.2 Å². The minimum absolute atomic E-state index is 0.00150. The van der Waals surface area contributed by atoms with Crippen LogP contribution in [0.4, 0.5) is 0 Å². The van der Waals surface area contributed by atoms with Crippen LogP contribution in [0.3, 0.4) is 0 Å². The van der Waals surface area contributed by atoms with E-state index in [1.165, 1.54) is 11.1 Å². The van der Waals surface area contributed by atoms with E-state index in [0.717, 1.165) is 28.3 Å². The van der Waals surface area contributed by atoms with Crippen LogP contribution in [0.1, 0.15) is 27.9 Å². The van der Waals surface area contributed by atoms with Gasteiger partial charge < -0.3 is 9.47 Å². The molecule has 0 saturated heterocycles. The third kappa shape index (κ3) is 3.59. The van der Waals surface area contributed by atoms with E-state index in [9.17, 15) is 4.79 Å².